The number of aliphatic hydroxyl groups excluding tert-OH is 1. The topological polar surface area (TPSA) is 108 Å². The van der Waals surface area contributed by atoms with Crippen LogP contribution in [0.1, 0.15) is 39.1 Å². The number of nitrogens with one attached hydrogen (secondary N) is 1. The normalized spacial score (nSPS) is 17.3. The van der Waals surface area contributed by atoms with E-state index >= 15 is 0 Å². The summed E-state index contributed by atoms with van der Waals surface area (Å²) in [7, 11) is 1.56. The summed E-state index contributed by atoms with van der Waals surface area (Å²) in [6.07, 6.45) is 0.472. The van der Waals surface area contributed by atoms with Gasteiger partial charge in [0, 0.05) is 25.7 Å². The Bertz CT molecular complexity index is 1450. The molecule has 2 aliphatic heterocycles. The van der Waals surface area contributed by atoms with Gasteiger partial charge in [0.25, 0.3) is 11.8 Å². The molecule has 2 N–H and O–H groups in total. The Labute approximate surface area is 237 Å². The monoisotopic (exact) mass is 561 g/mol. The van der Waals surface area contributed by atoms with Gasteiger partial charge < -0.3 is 24.8 Å². The molecule has 3 aromatic rings. The molecule has 0 saturated carbocycles. The number of imide groups is 1. The van der Waals surface area contributed by atoms with Crippen molar-refractivity contribution < 1.29 is 33.4 Å². The van der Waals surface area contributed by atoms with Crippen LogP contribution in [0.25, 0.3) is 0 Å². The maximum Gasteiger partial charge on any atom is 0.263 e. The quantitative estimate of drug-likeness (QED) is 0.365. The molecule has 3 amide bonds. The maximum absolute atomic E-state index is 13.7. The molecule has 2 atom stereocenters. The number of methoxy groups -OCH3 is 1. The molecule has 0 bridgehead atoms. The molecule has 0 aromatic heterocycles. The number of hydrogen-bond acceptors (Lipinski definition) is 7. The molecule has 9 nitrogen and oxygen atoms in total. The Kier molecular flexibility index (Phi) is 8.49. The van der Waals surface area contributed by atoms with Gasteiger partial charge in [0.2, 0.25) is 5.91 Å². The van der Waals surface area contributed by atoms with Crippen LogP contribution in [0.2, 0.25) is 0 Å². The average Bonchev–Trinajstić information content (AvgIpc) is 3.23. The predicted octanol–water partition coefficient (Wildman–Crippen LogP) is 3.40. The Morgan fingerprint density at radius 3 is 2.66 bits per heavy atom. The number of amides is 3. The molecule has 5 rings (SSSR count). The van der Waals surface area contributed by atoms with E-state index in [1.54, 1.807) is 61.7 Å². The molecular formula is C31H32FN3O6. The number of rotatable bonds is 10. The second-order valence-electron chi connectivity index (χ2n) is 10.2. The van der Waals surface area contributed by atoms with E-state index in [9.17, 15) is 23.9 Å². The number of hydrogen-bond donors (Lipinski definition) is 2. The fourth-order valence-corrected chi connectivity index (χ4v) is 5.26. The van der Waals surface area contributed by atoms with Crippen molar-refractivity contribution in [1.82, 2.24) is 10.2 Å². The summed E-state index contributed by atoms with van der Waals surface area (Å²) in [5.74, 6) is -0.658. The number of nitrogens with zero attached hydrogens (tertiary/aromatic N) is 2. The third kappa shape index (κ3) is 6.33. The molecule has 2 aliphatic rings. The van der Waals surface area contributed by atoms with Crippen molar-refractivity contribution >= 4 is 23.4 Å². The van der Waals surface area contributed by atoms with Crippen LogP contribution in [0, 0.1) is 11.7 Å². The highest BCUT2D eigenvalue weighted by molar-refractivity contribution is 6.23. The van der Waals surface area contributed by atoms with Gasteiger partial charge in [-0.2, -0.15) is 0 Å². The molecule has 2 heterocycles. The largest absolute Gasteiger partial charge is 0.497 e. The van der Waals surface area contributed by atoms with Crippen LogP contribution >= 0.6 is 0 Å². The first kappa shape index (κ1) is 28.1. The molecule has 0 radical (unpaired) electrons. The molecule has 0 unspecified atom stereocenters. The summed E-state index contributed by atoms with van der Waals surface area (Å²) in [6.45, 7) is 0.996. The summed E-state index contributed by atoms with van der Waals surface area (Å²) in [5, 5.41) is 13.2. The van der Waals surface area contributed by atoms with E-state index in [2.05, 4.69) is 5.32 Å². The van der Waals surface area contributed by atoms with Crippen LogP contribution in [-0.2, 0) is 11.3 Å². The summed E-state index contributed by atoms with van der Waals surface area (Å²) in [6, 6.07) is 18.0. The summed E-state index contributed by atoms with van der Waals surface area (Å²) in [5.41, 5.74) is 1.73. The zero-order valence-corrected chi connectivity index (χ0v) is 22.7. The van der Waals surface area contributed by atoms with E-state index in [1.165, 1.54) is 12.1 Å². The molecule has 0 aliphatic carbocycles. The highest BCUT2D eigenvalue weighted by Gasteiger charge is 2.39. The van der Waals surface area contributed by atoms with Crippen molar-refractivity contribution in [3.05, 3.63) is 89.2 Å². The van der Waals surface area contributed by atoms with Gasteiger partial charge in [0.05, 0.1) is 36.4 Å². The molecule has 3 aromatic carbocycles. The van der Waals surface area contributed by atoms with Crippen LogP contribution in [0.3, 0.4) is 0 Å². The number of halogens is 1. The molecule has 0 spiro atoms. The number of piperidine rings is 1. The Balaban J connectivity index is 1.20. The van der Waals surface area contributed by atoms with Crippen molar-refractivity contribution in [3.8, 4) is 11.5 Å². The van der Waals surface area contributed by atoms with E-state index in [-0.39, 0.29) is 31.5 Å². The minimum Gasteiger partial charge on any atom is -0.497 e. The van der Waals surface area contributed by atoms with Crippen molar-refractivity contribution in [2.45, 2.75) is 25.5 Å². The number of fused-ring (bicyclic) bond motifs is 1. The lowest BCUT2D eigenvalue weighted by atomic mass is 9.95. The van der Waals surface area contributed by atoms with Crippen molar-refractivity contribution in [1.29, 1.82) is 0 Å². The fraction of sp³-hybridized carbons (Fsp3) is 0.323. The molecule has 1 saturated heterocycles. The zero-order valence-electron chi connectivity index (χ0n) is 22.7. The maximum atomic E-state index is 13.7. The van der Waals surface area contributed by atoms with Gasteiger partial charge in [-0.3, -0.25) is 19.3 Å². The number of carbonyl (C=O) groups excluding carboxylic acids is 3. The molecule has 214 valence electrons. The summed E-state index contributed by atoms with van der Waals surface area (Å²) >= 11 is 0. The van der Waals surface area contributed by atoms with Crippen LogP contribution in [0.5, 0.6) is 11.5 Å². The fourth-order valence-electron chi connectivity index (χ4n) is 5.26. The Morgan fingerprint density at radius 1 is 1.07 bits per heavy atom. The number of ether oxygens (including phenoxy) is 2. The zero-order chi connectivity index (χ0) is 28.9. The third-order valence-electron chi connectivity index (χ3n) is 7.34. The highest BCUT2D eigenvalue weighted by Crippen LogP contribution is 2.34. The second-order valence-corrected chi connectivity index (χ2v) is 10.2. The van der Waals surface area contributed by atoms with E-state index in [0.29, 0.717) is 53.4 Å². The van der Waals surface area contributed by atoms with Gasteiger partial charge in [-0.25, -0.2) is 4.39 Å². The number of carbonyl (C=O) groups is 3. The lowest BCUT2D eigenvalue weighted by Crippen LogP contribution is -2.45. The van der Waals surface area contributed by atoms with Crippen LogP contribution in [0.15, 0.2) is 66.7 Å². The first-order chi connectivity index (χ1) is 19.8. The second kappa shape index (κ2) is 12.4. The smallest absolute Gasteiger partial charge is 0.263 e. The van der Waals surface area contributed by atoms with Crippen LogP contribution < -0.4 is 19.7 Å². The average molecular weight is 562 g/mol. The van der Waals surface area contributed by atoms with E-state index in [0.717, 1.165) is 11.3 Å². The minimum atomic E-state index is -0.907. The van der Waals surface area contributed by atoms with Crippen molar-refractivity contribution in [2.24, 2.45) is 5.92 Å². The van der Waals surface area contributed by atoms with Gasteiger partial charge in [-0.05, 0) is 54.8 Å². The number of anilines is 1. The standard InChI is InChI=1S/C31H32FN3O6/c1-40-24-9-3-10-25(15-24)41-19-23(36)16-33-29(37)21-7-5-13-34(18-21)27-12-4-11-26-28(27)31(39)35(30(26)38)17-20-6-2-8-22(32)14-20/h2-4,6,8-12,14-15,21,23,36H,5,7,13,16-19H2,1H3,(H,33,37)/t21-,23+/m1/s1. The molecule has 1 fully saturated rings. The van der Waals surface area contributed by atoms with Gasteiger partial charge in [0.15, 0.2) is 0 Å². The Hall–Kier alpha value is -4.44. The first-order valence-electron chi connectivity index (χ1n) is 13.5. The highest BCUT2D eigenvalue weighted by atomic mass is 19.1. The lowest BCUT2D eigenvalue weighted by Gasteiger charge is -2.34. The van der Waals surface area contributed by atoms with Gasteiger partial charge in [-0.1, -0.05) is 24.3 Å². The molecule has 41 heavy (non-hydrogen) atoms. The van der Waals surface area contributed by atoms with E-state index in [4.69, 9.17) is 9.47 Å². The van der Waals surface area contributed by atoms with E-state index in [1.807, 2.05) is 4.90 Å². The third-order valence-corrected chi connectivity index (χ3v) is 7.34. The van der Waals surface area contributed by atoms with Crippen LogP contribution in [-0.4, -0.2) is 67.2 Å². The summed E-state index contributed by atoms with van der Waals surface area (Å²) in [4.78, 5) is 42.6. The Morgan fingerprint density at radius 2 is 1.85 bits per heavy atom. The van der Waals surface area contributed by atoms with Crippen molar-refractivity contribution in [3.63, 3.8) is 0 Å². The van der Waals surface area contributed by atoms with Gasteiger partial charge >= 0.3 is 0 Å². The van der Waals surface area contributed by atoms with E-state index < -0.39 is 23.7 Å². The number of benzene rings is 3. The summed E-state index contributed by atoms with van der Waals surface area (Å²) < 4.78 is 24.5. The minimum absolute atomic E-state index is 0.00263. The first-order valence-corrected chi connectivity index (χ1v) is 13.5. The predicted molar refractivity (Wildman–Crippen MR) is 149 cm³/mol. The molecule has 10 heteroatoms. The number of aliphatic hydroxyl groups is 1. The van der Waals surface area contributed by atoms with Gasteiger partial charge in [-0.15, -0.1) is 0 Å². The molecular weight excluding hydrogens is 529 g/mol. The van der Waals surface area contributed by atoms with Crippen molar-refractivity contribution in [2.75, 3.05) is 38.3 Å². The SMILES string of the molecule is COc1cccc(OC[C@@H](O)CNC(=O)[C@@H]2CCCN(c3cccc4c3C(=O)N(Cc3cccc(F)c3)C4=O)C2)c1. The van der Waals surface area contributed by atoms with Crippen LogP contribution in [0.4, 0.5) is 10.1 Å². The lowest BCUT2D eigenvalue weighted by molar-refractivity contribution is -0.125. The van der Waals surface area contributed by atoms with Gasteiger partial charge in [0.1, 0.15) is 30.0 Å².